The number of hydrogen-bond donors (Lipinski definition) is 2. The van der Waals surface area contributed by atoms with Crippen molar-refractivity contribution in [2.75, 3.05) is 6.54 Å². The first kappa shape index (κ1) is 13.4. The maximum atomic E-state index is 11.6. The smallest absolute Gasteiger partial charge is 0.229 e. The topological polar surface area (TPSA) is 55.1 Å². The SMILES string of the molecule is CCC(C(=O)NCC(C)(C)C)C(N)=S. The Kier molecular flexibility index (Phi) is 5.05. The van der Waals surface area contributed by atoms with Gasteiger partial charge >= 0.3 is 0 Å². The third kappa shape index (κ3) is 5.17. The quantitative estimate of drug-likeness (QED) is 0.700. The highest BCUT2D eigenvalue weighted by molar-refractivity contribution is 7.80. The van der Waals surface area contributed by atoms with E-state index < -0.39 is 0 Å². The molecule has 0 radical (unpaired) electrons. The molecule has 0 aromatic heterocycles. The van der Waals surface area contributed by atoms with Crippen LogP contribution in [0.2, 0.25) is 0 Å². The van der Waals surface area contributed by atoms with Crippen molar-refractivity contribution in [1.82, 2.24) is 5.32 Å². The molecule has 3 N–H and O–H groups in total. The van der Waals surface area contributed by atoms with Crippen LogP contribution in [0.3, 0.4) is 0 Å². The van der Waals surface area contributed by atoms with Crippen molar-refractivity contribution in [1.29, 1.82) is 0 Å². The Morgan fingerprint density at radius 1 is 1.50 bits per heavy atom. The Labute approximate surface area is 91.4 Å². The highest BCUT2D eigenvalue weighted by atomic mass is 32.1. The van der Waals surface area contributed by atoms with E-state index in [1.807, 2.05) is 6.92 Å². The van der Waals surface area contributed by atoms with Crippen molar-refractivity contribution < 1.29 is 4.79 Å². The van der Waals surface area contributed by atoms with Gasteiger partial charge in [-0.25, -0.2) is 0 Å². The molecule has 0 heterocycles. The molecule has 1 unspecified atom stereocenters. The Morgan fingerprint density at radius 2 is 2.00 bits per heavy atom. The fraction of sp³-hybridized carbons (Fsp3) is 0.800. The number of nitrogens with two attached hydrogens (primary N) is 1. The molecule has 0 fully saturated rings. The zero-order chi connectivity index (χ0) is 11.4. The van der Waals surface area contributed by atoms with E-state index in [0.717, 1.165) is 0 Å². The van der Waals surface area contributed by atoms with Gasteiger partial charge in [0.1, 0.15) is 0 Å². The summed E-state index contributed by atoms with van der Waals surface area (Å²) in [5.74, 6) is -0.387. The Bertz CT molecular complexity index is 221. The van der Waals surface area contributed by atoms with Gasteiger partial charge in [0, 0.05) is 6.54 Å². The molecule has 3 nitrogen and oxygen atoms in total. The van der Waals surface area contributed by atoms with Gasteiger partial charge in [-0.2, -0.15) is 0 Å². The second kappa shape index (κ2) is 5.29. The molecule has 0 aromatic carbocycles. The summed E-state index contributed by atoms with van der Waals surface area (Å²) >= 11 is 4.82. The van der Waals surface area contributed by atoms with E-state index in [1.165, 1.54) is 0 Å². The van der Waals surface area contributed by atoms with Crippen molar-refractivity contribution >= 4 is 23.1 Å². The molecular weight excluding hydrogens is 196 g/mol. The minimum absolute atomic E-state index is 0.0603. The van der Waals surface area contributed by atoms with Crippen molar-refractivity contribution in [3.63, 3.8) is 0 Å². The molecule has 0 rings (SSSR count). The van der Waals surface area contributed by atoms with Crippen molar-refractivity contribution in [3.05, 3.63) is 0 Å². The monoisotopic (exact) mass is 216 g/mol. The standard InChI is InChI=1S/C10H20N2OS/c1-5-7(8(11)14)9(13)12-6-10(2,3)4/h7H,5-6H2,1-4H3,(H2,11,14)(H,12,13). The van der Waals surface area contributed by atoms with E-state index in [4.69, 9.17) is 18.0 Å². The minimum Gasteiger partial charge on any atom is -0.393 e. The third-order valence-corrected chi connectivity index (χ3v) is 2.15. The molecule has 14 heavy (non-hydrogen) atoms. The van der Waals surface area contributed by atoms with Gasteiger partial charge in [0.05, 0.1) is 10.9 Å². The van der Waals surface area contributed by atoms with Crippen LogP contribution in [-0.2, 0) is 4.79 Å². The summed E-state index contributed by atoms with van der Waals surface area (Å²) < 4.78 is 0. The molecule has 1 amide bonds. The Balaban J connectivity index is 4.13. The number of hydrogen-bond acceptors (Lipinski definition) is 2. The first-order valence-electron chi connectivity index (χ1n) is 4.85. The summed E-state index contributed by atoms with van der Waals surface area (Å²) in [6.07, 6.45) is 0.658. The van der Waals surface area contributed by atoms with Gasteiger partial charge in [-0.15, -0.1) is 0 Å². The summed E-state index contributed by atoms with van der Waals surface area (Å²) in [7, 11) is 0. The maximum absolute atomic E-state index is 11.6. The van der Waals surface area contributed by atoms with Gasteiger partial charge < -0.3 is 11.1 Å². The van der Waals surface area contributed by atoms with Gasteiger partial charge in [0.2, 0.25) is 5.91 Å². The highest BCUT2D eigenvalue weighted by Crippen LogP contribution is 2.11. The van der Waals surface area contributed by atoms with E-state index in [2.05, 4.69) is 26.1 Å². The van der Waals surface area contributed by atoms with Crippen molar-refractivity contribution in [3.8, 4) is 0 Å². The minimum atomic E-state index is -0.327. The number of amides is 1. The van der Waals surface area contributed by atoms with Crippen LogP contribution in [0, 0.1) is 11.3 Å². The van der Waals surface area contributed by atoms with E-state index >= 15 is 0 Å². The lowest BCUT2D eigenvalue weighted by Gasteiger charge is -2.21. The zero-order valence-corrected chi connectivity index (χ0v) is 10.2. The van der Waals surface area contributed by atoms with Gasteiger partial charge in [0.25, 0.3) is 0 Å². The number of thiocarbonyl (C=S) groups is 1. The highest BCUT2D eigenvalue weighted by Gasteiger charge is 2.20. The van der Waals surface area contributed by atoms with Crippen LogP contribution in [-0.4, -0.2) is 17.4 Å². The van der Waals surface area contributed by atoms with Crippen LogP contribution in [0.5, 0.6) is 0 Å². The van der Waals surface area contributed by atoms with Gasteiger partial charge in [-0.1, -0.05) is 39.9 Å². The normalized spacial score (nSPS) is 13.4. The molecule has 0 aromatic rings. The predicted molar refractivity (Wildman–Crippen MR) is 63.0 cm³/mol. The number of rotatable bonds is 4. The molecule has 0 spiro atoms. The van der Waals surface area contributed by atoms with Crippen LogP contribution in [0.4, 0.5) is 0 Å². The molecule has 0 saturated heterocycles. The van der Waals surface area contributed by atoms with Crippen LogP contribution >= 0.6 is 12.2 Å². The summed E-state index contributed by atoms with van der Waals surface area (Å²) in [5.41, 5.74) is 5.55. The molecule has 0 aliphatic rings. The molecule has 0 aliphatic carbocycles. The van der Waals surface area contributed by atoms with Crippen LogP contribution in [0.25, 0.3) is 0 Å². The number of nitrogens with one attached hydrogen (secondary N) is 1. The maximum Gasteiger partial charge on any atom is 0.229 e. The van der Waals surface area contributed by atoms with Crippen LogP contribution < -0.4 is 11.1 Å². The lowest BCUT2D eigenvalue weighted by molar-refractivity contribution is -0.123. The zero-order valence-electron chi connectivity index (χ0n) is 9.39. The molecule has 0 bridgehead atoms. The fourth-order valence-electron chi connectivity index (χ4n) is 0.991. The van der Waals surface area contributed by atoms with E-state index in [-0.39, 0.29) is 22.2 Å². The summed E-state index contributed by atoms with van der Waals surface area (Å²) in [6.45, 7) is 8.74. The molecule has 0 aliphatic heterocycles. The van der Waals surface area contributed by atoms with Crippen molar-refractivity contribution in [2.45, 2.75) is 34.1 Å². The molecule has 1 atom stereocenters. The molecular formula is C10H20N2OS. The predicted octanol–water partition coefficient (Wildman–Crippen LogP) is 1.46. The summed E-state index contributed by atoms with van der Waals surface area (Å²) in [5, 5.41) is 2.85. The summed E-state index contributed by atoms with van der Waals surface area (Å²) in [6, 6.07) is 0. The first-order chi connectivity index (χ1) is 6.28. The average molecular weight is 216 g/mol. The Morgan fingerprint density at radius 3 is 2.29 bits per heavy atom. The van der Waals surface area contributed by atoms with Gasteiger partial charge in [-0.3, -0.25) is 4.79 Å². The fourth-order valence-corrected chi connectivity index (χ4v) is 1.26. The van der Waals surface area contributed by atoms with E-state index in [9.17, 15) is 4.79 Å². The lowest BCUT2D eigenvalue weighted by Crippen LogP contribution is -2.40. The third-order valence-electron chi connectivity index (χ3n) is 1.86. The number of carbonyl (C=O) groups excluding carboxylic acids is 1. The molecule has 82 valence electrons. The lowest BCUT2D eigenvalue weighted by atomic mass is 9.96. The second-order valence-corrected chi connectivity index (χ2v) is 5.11. The number of carbonyl (C=O) groups is 1. The summed E-state index contributed by atoms with van der Waals surface area (Å²) in [4.78, 5) is 11.9. The van der Waals surface area contributed by atoms with Gasteiger partial charge in [-0.05, 0) is 11.8 Å². The van der Waals surface area contributed by atoms with E-state index in [0.29, 0.717) is 13.0 Å². The molecule has 4 heteroatoms. The van der Waals surface area contributed by atoms with Crippen LogP contribution in [0.15, 0.2) is 0 Å². The van der Waals surface area contributed by atoms with Crippen LogP contribution in [0.1, 0.15) is 34.1 Å². The van der Waals surface area contributed by atoms with E-state index in [1.54, 1.807) is 0 Å². The largest absolute Gasteiger partial charge is 0.393 e. The average Bonchev–Trinajstić information content (AvgIpc) is 2.00. The Hall–Kier alpha value is -0.640. The van der Waals surface area contributed by atoms with Crippen molar-refractivity contribution in [2.24, 2.45) is 17.1 Å². The molecule has 0 saturated carbocycles. The second-order valence-electron chi connectivity index (χ2n) is 4.64. The first-order valence-corrected chi connectivity index (χ1v) is 5.25. The van der Waals surface area contributed by atoms with Gasteiger partial charge in [0.15, 0.2) is 0 Å².